The second-order valence-corrected chi connectivity index (χ2v) is 8.17. The molecule has 0 aliphatic carbocycles. The average Bonchev–Trinajstić information content (AvgIpc) is 3.47. The van der Waals surface area contributed by atoms with Gasteiger partial charge in [-0.25, -0.2) is 0 Å². The van der Waals surface area contributed by atoms with Crippen LogP contribution in [0.4, 0.5) is 11.9 Å². The van der Waals surface area contributed by atoms with Crippen LogP contribution in [0.3, 0.4) is 0 Å². The van der Waals surface area contributed by atoms with Gasteiger partial charge in [0, 0.05) is 32.3 Å². The van der Waals surface area contributed by atoms with Gasteiger partial charge in [0.15, 0.2) is 17.3 Å². The predicted octanol–water partition coefficient (Wildman–Crippen LogP) is 3.37. The van der Waals surface area contributed by atoms with E-state index in [0.717, 1.165) is 11.3 Å². The summed E-state index contributed by atoms with van der Waals surface area (Å²) in [6.07, 6.45) is 4.12. The number of hydrogen-bond acceptors (Lipinski definition) is 11. The average molecular weight is 509 g/mol. The van der Waals surface area contributed by atoms with Gasteiger partial charge in [-0.15, -0.1) is 0 Å². The number of aliphatic imine (C=N–C) groups is 1. The van der Waals surface area contributed by atoms with Crippen LogP contribution in [0.25, 0.3) is 0 Å². The van der Waals surface area contributed by atoms with E-state index in [1.54, 1.807) is 27.5 Å². The summed E-state index contributed by atoms with van der Waals surface area (Å²) in [5, 5.41) is 3.23. The molecule has 0 atom stereocenters. The zero-order valence-electron chi connectivity index (χ0n) is 21.6. The van der Waals surface area contributed by atoms with E-state index in [-0.39, 0.29) is 6.01 Å². The normalized spacial score (nSPS) is 14.4. The molecular formula is C26H32N6O5. The molecule has 0 spiro atoms. The van der Waals surface area contributed by atoms with Crippen LogP contribution >= 0.6 is 0 Å². The van der Waals surface area contributed by atoms with E-state index >= 15 is 0 Å². The monoisotopic (exact) mass is 508 g/mol. The second-order valence-electron chi connectivity index (χ2n) is 8.17. The number of ether oxygens (including phenoxy) is 4. The van der Waals surface area contributed by atoms with Crippen molar-refractivity contribution in [3.63, 3.8) is 0 Å². The first-order chi connectivity index (χ1) is 18.1. The van der Waals surface area contributed by atoms with Gasteiger partial charge < -0.3 is 33.6 Å². The zero-order chi connectivity index (χ0) is 26.0. The van der Waals surface area contributed by atoms with Crippen LogP contribution in [0.5, 0.6) is 17.5 Å². The first kappa shape index (κ1) is 26.0. The number of nitrogens with zero attached hydrogens (tertiary/aromatic N) is 5. The lowest BCUT2D eigenvalue weighted by atomic mass is 10.1. The number of anilines is 2. The Morgan fingerprint density at radius 1 is 1.11 bits per heavy atom. The fourth-order valence-electron chi connectivity index (χ4n) is 3.76. The molecule has 1 fully saturated rings. The minimum Gasteiger partial charge on any atom is -0.493 e. The zero-order valence-corrected chi connectivity index (χ0v) is 21.6. The van der Waals surface area contributed by atoms with Gasteiger partial charge in [0.2, 0.25) is 11.9 Å². The number of allylic oxidation sites excluding steroid dienone is 2. The minimum absolute atomic E-state index is 0.239. The third-order valence-corrected chi connectivity index (χ3v) is 5.64. The van der Waals surface area contributed by atoms with Crippen LogP contribution in [0.15, 0.2) is 57.8 Å². The molecule has 2 aromatic heterocycles. The maximum absolute atomic E-state index is 5.96. The topological polar surface area (TPSA) is 116 Å². The largest absolute Gasteiger partial charge is 0.493 e. The molecule has 1 saturated heterocycles. The Balaban J connectivity index is 1.50. The Hall–Kier alpha value is -4.12. The molecule has 1 N–H and O–H groups in total. The van der Waals surface area contributed by atoms with Crippen molar-refractivity contribution in [3.8, 4) is 17.5 Å². The lowest BCUT2D eigenvalue weighted by molar-refractivity contribution is 0.122. The van der Waals surface area contributed by atoms with Crippen molar-refractivity contribution in [2.75, 3.05) is 64.4 Å². The number of methoxy groups -OCH3 is 2. The van der Waals surface area contributed by atoms with Crippen molar-refractivity contribution in [2.45, 2.75) is 13.3 Å². The van der Waals surface area contributed by atoms with Gasteiger partial charge in [-0.1, -0.05) is 6.07 Å². The molecule has 3 heterocycles. The smallest absolute Gasteiger partial charge is 0.323 e. The predicted molar refractivity (Wildman–Crippen MR) is 140 cm³/mol. The summed E-state index contributed by atoms with van der Waals surface area (Å²) in [7, 11) is 4.94. The number of morpholine rings is 1. The van der Waals surface area contributed by atoms with Crippen LogP contribution in [-0.2, 0) is 11.2 Å². The first-order valence-electron chi connectivity index (χ1n) is 12.0. The molecule has 0 bridgehead atoms. The highest BCUT2D eigenvalue weighted by Gasteiger charge is 2.18. The molecule has 1 aromatic carbocycles. The molecule has 1 aliphatic heterocycles. The molecule has 11 nitrogen and oxygen atoms in total. The third-order valence-electron chi connectivity index (χ3n) is 5.64. The van der Waals surface area contributed by atoms with E-state index in [4.69, 9.17) is 23.4 Å². The Labute approximate surface area is 216 Å². The summed E-state index contributed by atoms with van der Waals surface area (Å²) in [6.45, 7) is 4.89. The summed E-state index contributed by atoms with van der Waals surface area (Å²) < 4.78 is 27.6. The van der Waals surface area contributed by atoms with Crippen LogP contribution in [0.1, 0.15) is 18.2 Å². The number of nitrogens with one attached hydrogen (secondary N) is 1. The van der Waals surface area contributed by atoms with Crippen LogP contribution in [0, 0.1) is 0 Å². The Bertz CT molecular complexity index is 1220. The fraction of sp³-hybridized carbons (Fsp3) is 0.385. The summed E-state index contributed by atoms with van der Waals surface area (Å²) in [4.78, 5) is 20.0. The van der Waals surface area contributed by atoms with Gasteiger partial charge >= 0.3 is 6.01 Å². The fourth-order valence-corrected chi connectivity index (χ4v) is 3.76. The van der Waals surface area contributed by atoms with E-state index in [2.05, 4.69) is 30.2 Å². The molecule has 0 unspecified atom stereocenters. The second kappa shape index (κ2) is 12.7. The van der Waals surface area contributed by atoms with E-state index in [0.29, 0.717) is 74.2 Å². The first-order valence-corrected chi connectivity index (χ1v) is 12.0. The van der Waals surface area contributed by atoms with Crippen LogP contribution in [-0.4, -0.2) is 74.8 Å². The lowest BCUT2D eigenvalue weighted by Crippen LogP contribution is -2.37. The van der Waals surface area contributed by atoms with Crippen molar-refractivity contribution in [3.05, 3.63) is 59.7 Å². The maximum Gasteiger partial charge on any atom is 0.323 e. The highest BCUT2D eigenvalue weighted by molar-refractivity contribution is 6.07. The number of rotatable bonds is 11. The summed E-state index contributed by atoms with van der Waals surface area (Å²) in [5.74, 6) is 2.94. The van der Waals surface area contributed by atoms with Gasteiger partial charge in [-0.3, -0.25) is 4.99 Å². The number of furan rings is 1. The summed E-state index contributed by atoms with van der Waals surface area (Å²) in [6, 6.07) is 9.70. The van der Waals surface area contributed by atoms with Crippen molar-refractivity contribution < 1.29 is 23.4 Å². The van der Waals surface area contributed by atoms with Gasteiger partial charge in [-0.05, 0) is 42.8 Å². The van der Waals surface area contributed by atoms with E-state index in [1.807, 2.05) is 43.3 Å². The SMILES string of the molecule is CN=C(/C=C(\C)Nc1nc(OCCc2ccc(OC)c(OC)c2)nc(N2CCOCC2)n1)c1ccco1. The van der Waals surface area contributed by atoms with E-state index in [9.17, 15) is 0 Å². The molecule has 1 aliphatic rings. The number of hydrogen-bond donors (Lipinski definition) is 1. The molecule has 11 heteroatoms. The molecule has 196 valence electrons. The Kier molecular flexibility index (Phi) is 8.93. The standard InChI is InChI=1S/C26H32N6O5/c1-18(16-20(27-2)21-6-5-12-36-21)28-24-29-25(32-10-14-35-15-11-32)31-26(30-24)37-13-9-19-7-8-22(33-3)23(17-19)34-4/h5-8,12,16-17H,9-11,13-15H2,1-4H3,(H,28,29,30,31)/b18-16+,27-20?. The quantitative estimate of drug-likeness (QED) is 0.386. The molecule has 4 rings (SSSR count). The van der Waals surface area contributed by atoms with Crippen LogP contribution < -0.4 is 24.4 Å². The third kappa shape index (κ3) is 6.98. The highest BCUT2D eigenvalue weighted by atomic mass is 16.5. The van der Waals surface area contributed by atoms with Gasteiger partial charge in [0.1, 0.15) is 5.71 Å². The van der Waals surface area contributed by atoms with Crippen molar-refractivity contribution >= 4 is 17.6 Å². The number of benzene rings is 1. The van der Waals surface area contributed by atoms with Crippen LogP contribution in [0.2, 0.25) is 0 Å². The van der Waals surface area contributed by atoms with Gasteiger partial charge in [-0.2, -0.15) is 15.0 Å². The molecule has 0 amide bonds. The Morgan fingerprint density at radius 2 is 1.92 bits per heavy atom. The Morgan fingerprint density at radius 3 is 2.62 bits per heavy atom. The summed E-state index contributed by atoms with van der Waals surface area (Å²) in [5.41, 5.74) is 2.53. The van der Waals surface area contributed by atoms with E-state index < -0.39 is 0 Å². The molecule has 0 saturated carbocycles. The van der Waals surface area contributed by atoms with Crippen molar-refractivity contribution in [2.24, 2.45) is 4.99 Å². The summed E-state index contributed by atoms with van der Waals surface area (Å²) >= 11 is 0. The molecular weight excluding hydrogens is 476 g/mol. The van der Waals surface area contributed by atoms with Crippen molar-refractivity contribution in [1.29, 1.82) is 0 Å². The maximum atomic E-state index is 5.96. The van der Waals surface area contributed by atoms with Gasteiger partial charge in [0.05, 0.1) is 40.3 Å². The number of aromatic nitrogens is 3. The highest BCUT2D eigenvalue weighted by Crippen LogP contribution is 2.27. The van der Waals surface area contributed by atoms with Crippen molar-refractivity contribution in [1.82, 2.24) is 15.0 Å². The van der Waals surface area contributed by atoms with E-state index in [1.165, 1.54) is 0 Å². The minimum atomic E-state index is 0.239. The van der Waals surface area contributed by atoms with Gasteiger partial charge in [0.25, 0.3) is 0 Å². The molecule has 3 aromatic rings. The molecule has 37 heavy (non-hydrogen) atoms. The molecule has 0 radical (unpaired) electrons. The lowest BCUT2D eigenvalue weighted by Gasteiger charge is -2.27.